The van der Waals surface area contributed by atoms with E-state index in [9.17, 15) is 9.59 Å². The van der Waals surface area contributed by atoms with Crippen LogP contribution in [0.25, 0.3) is 0 Å². The zero-order chi connectivity index (χ0) is 22.4. The predicted molar refractivity (Wildman–Crippen MR) is 124 cm³/mol. The van der Waals surface area contributed by atoms with Crippen LogP contribution in [0.5, 0.6) is 0 Å². The summed E-state index contributed by atoms with van der Waals surface area (Å²) < 4.78 is 5.65. The molecule has 4 heterocycles. The van der Waals surface area contributed by atoms with Crippen molar-refractivity contribution in [3.05, 3.63) is 71.8 Å². The molecule has 5 unspecified atom stereocenters. The Morgan fingerprint density at radius 3 is 2.48 bits per heavy atom. The van der Waals surface area contributed by atoms with Crippen LogP contribution in [0.3, 0.4) is 0 Å². The zero-order valence-corrected chi connectivity index (χ0v) is 18.8. The van der Waals surface area contributed by atoms with E-state index in [4.69, 9.17) is 4.74 Å². The molecular weight excluding hydrogens is 414 g/mol. The van der Waals surface area contributed by atoms with Gasteiger partial charge < -0.3 is 15.4 Å². The van der Waals surface area contributed by atoms with Gasteiger partial charge in [0, 0.05) is 50.1 Å². The van der Waals surface area contributed by atoms with Gasteiger partial charge in [-0.05, 0) is 30.4 Å². The van der Waals surface area contributed by atoms with Gasteiger partial charge in [-0.3, -0.25) is 14.5 Å². The third kappa shape index (κ3) is 3.30. The van der Waals surface area contributed by atoms with Crippen molar-refractivity contribution in [3.8, 4) is 0 Å². The molecule has 2 aromatic carbocycles. The Hall–Kier alpha value is -2.70. The highest BCUT2D eigenvalue weighted by Gasteiger charge is 2.71. The molecule has 4 bridgehead atoms. The highest BCUT2D eigenvalue weighted by Crippen LogP contribution is 2.57. The van der Waals surface area contributed by atoms with Crippen LogP contribution in [0.1, 0.15) is 36.3 Å². The highest BCUT2D eigenvalue weighted by atomic mass is 16.5. The summed E-state index contributed by atoms with van der Waals surface area (Å²) in [6.07, 6.45) is 2.72. The van der Waals surface area contributed by atoms with Gasteiger partial charge >= 0.3 is 0 Å². The second-order valence-electron chi connectivity index (χ2n) is 9.99. The van der Waals surface area contributed by atoms with Crippen molar-refractivity contribution < 1.29 is 14.3 Å². The number of hydrogen-bond donors (Lipinski definition) is 2. The molecule has 5 aliphatic rings. The molecule has 6 nitrogen and oxygen atoms in total. The molecule has 2 amide bonds. The van der Waals surface area contributed by atoms with Crippen LogP contribution in [-0.2, 0) is 20.9 Å². The molecule has 5 fully saturated rings. The van der Waals surface area contributed by atoms with Crippen molar-refractivity contribution in [2.75, 3.05) is 19.8 Å². The number of ether oxygens (including phenoxy) is 1. The Bertz CT molecular complexity index is 1020. The third-order valence-electron chi connectivity index (χ3n) is 8.39. The topological polar surface area (TPSA) is 70.7 Å². The first-order chi connectivity index (χ1) is 16.2. The lowest BCUT2D eigenvalue weighted by molar-refractivity contribution is -0.151. The number of amides is 2. The first-order valence-corrected chi connectivity index (χ1v) is 12.2. The minimum absolute atomic E-state index is 0.0176. The maximum Gasteiger partial charge on any atom is 0.248 e. The van der Waals surface area contributed by atoms with E-state index in [2.05, 4.69) is 27.7 Å². The number of rotatable bonds is 5. The average Bonchev–Trinajstić information content (AvgIpc) is 3.09. The second-order valence-corrected chi connectivity index (χ2v) is 9.99. The largest absolute Gasteiger partial charge is 0.381 e. The summed E-state index contributed by atoms with van der Waals surface area (Å²) in [6.45, 7) is 2.84. The lowest BCUT2D eigenvalue weighted by Crippen LogP contribution is -2.77. The number of hydrogen-bond acceptors (Lipinski definition) is 4. The van der Waals surface area contributed by atoms with E-state index in [0.29, 0.717) is 12.6 Å². The summed E-state index contributed by atoms with van der Waals surface area (Å²) in [5.74, 6) is 0.0484. The molecule has 2 aromatic rings. The van der Waals surface area contributed by atoms with Gasteiger partial charge in [0.2, 0.25) is 11.8 Å². The van der Waals surface area contributed by atoms with Gasteiger partial charge in [0.15, 0.2) is 0 Å². The highest BCUT2D eigenvalue weighted by molar-refractivity contribution is 5.97. The number of carbonyl (C=O) groups is 2. The van der Waals surface area contributed by atoms with E-state index in [0.717, 1.165) is 44.6 Å². The Balaban J connectivity index is 1.39. The number of piperidine rings is 2. The SMILES string of the molecule is O=C1NC2(C(=O)NCc3ccccc3)C3CC1C(c1ccccc1)C2N(C1CCOCC1)C3. The second kappa shape index (κ2) is 8.26. The van der Waals surface area contributed by atoms with Crippen LogP contribution in [-0.4, -0.2) is 54.1 Å². The van der Waals surface area contributed by atoms with E-state index in [-0.39, 0.29) is 35.6 Å². The molecule has 172 valence electrons. The number of nitrogens with zero attached hydrogens (tertiary/aromatic N) is 1. The first kappa shape index (κ1) is 20.9. The van der Waals surface area contributed by atoms with Crippen LogP contribution in [0.4, 0.5) is 0 Å². The van der Waals surface area contributed by atoms with Crippen molar-refractivity contribution in [1.29, 1.82) is 0 Å². The van der Waals surface area contributed by atoms with Gasteiger partial charge in [-0.1, -0.05) is 60.7 Å². The standard InChI is InChI=1S/C27H31N3O3/c31-25-22-15-20-17-30(21-11-13-33-14-12-21)24(23(22)19-9-5-2-6-10-19)27(20,29-25)26(32)28-16-18-7-3-1-4-8-18/h1-10,20-24H,11-17H2,(H,28,32)(H,29,31). The molecule has 0 spiro atoms. The Kier molecular flexibility index (Phi) is 5.23. The van der Waals surface area contributed by atoms with Gasteiger partial charge in [0.25, 0.3) is 0 Å². The molecule has 4 aliphatic heterocycles. The summed E-state index contributed by atoms with van der Waals surface area (Å²) in [5.41, 5.74) is 1.34. The molecule has 4 saturated heterocycles. The van der Waals surface area contributed by atoms with E-state index >= 15 is 0 Å². The smallest absolute Gasteiger partial charge is 0.248 e. The van der Waals surface area contributed by atoms with Gasteiger partial charge in [0.1, 0.15) is 5.54 Å². The van der Waals surface area contributed by atoms with E-state index in [1.807, 2.05) is 48.5 Å². The molecule has 2 N–H and O–H groups in total. The van der Waals surface area contributed by atoms with Crippen LogP contribution in [0, 0.1) is 11.8 Å². The maximum atomic E-state index is 14.0. The Labute approximate surface area is 194 Å². The molecule has 1 saturated carbocycles. The molecular formula is C27H31N3O3. The quantitative estimate of drug-likeness (QED) is 0.742. The fourth-order valence-electron chi connectivity index (χ4n) is 6.96. The fraction of sp³-hybridized carbons (Fsp3) is 0.481. The third-order valence-corrected chi connectivity index (χ3v) is 8.39. The molecule has 0 aromatic heterocycles. The molecule has 7 rings (SSSR count). The number of likely N-dealkylation sites (tertiary alicyclic amines) is 1. The molecule has 5 atom stereocenters. The molecule has 1 aliphatic carbocycles. The number of benzene rings is 2. The van der Waals surface area contributed by atoms with Gasteiger partial charge in [-0.2, -0.15) is 0 Å². The van der Waals surface area contributed by atoms with Crippen molar-refractivity contribution in [3.63, 3.8) is 0 Å². The van der Waals surface area contributed by atoms with Gasteiger partial charge in [-0.15, -0.1) is 0 Å². The van der Waals surface area contributed by atoms with Crippen LogP contribution in [0.2, 0.25) is 0 Å². The fourth-order valence-corrected chi connectivity index (χ4v) is 6.96. The summed E-state index contributed by atoms with van der Waals surface area (Å²) in [6, 6.07) is 20.7. The van der Waals surface area contributed by atoms with Crippen LogP contribution < -0.4 is 10.6 Å². The number of nitrogens with one attached hydrogen (secondary N) is 2. The van der Waals surface area contributed by atoms with Crippen molar-refractivity contribution in [2.24, 2.45) is 11.8 Å². The molecule has 33 heavy (non-hydrogen) atoms. The lowest BCUT2D eigenvalue weighted by atomic mass is 9.57. The number of carbonyl (C=O) groups excluding carboxylic acids is 2. The van der Waals surface area contributed by atoms with Gasteiger partial charge in [-0.25, -0.2) is 0 Å². The minimum atomic E-state index is -0.889. The lowest BCUT2D eigenvalue weighted by Gasteiger charge is -2.55. The average molecular weight is 446 g/mol. The molecule has 0 radical (unpaired) electrons. The maximum absolute atomic E-state index is 14.0. The predicted octanol–water partition coefficient (Wildman–Crippen LogP) is 2.45. The van der Waals surface area contributed by atoms with Crippen molar-refractivity contribution in [1.82, 2.24) is 15.5 Å². The van der Waals surface area contributed by atoms with E-state index in [1.54, 1.807) is 0 Å². The minimum Gasteiger partial charge on any atom is -0.381 e. The van der Waals surface area contributed by atoms with Gasteiger partial charge in [0.05, 0.1) is 6.04 Å². The number of fused-ring (bicyclic) bond motifs is 1. The molecule has 6 heteroatoms. The van der Waals surface area contributed by atoms with Crippen LogP contribution in [0.15, 0.2) is 60.7 Å². The summed E-state index contributed by atoms with van der Waals surface area (Å²) >= 11 is 0. The summed E-state index contributed by atoms with van der Waals surface area (Å²) in [5, 5.41) is 6.47. The van der Waals surface area contributed by atoms with E-state index in [1.165, 1.54) is 5.56 Å². The summed E-state index contributed by atoms with van der Waals surface area (Å²) in [4.78, 5) is 29.8. The Morgan fingerprint density at radius 1 is 1.06 bits per heavy atom. The first-order valence-electron chi connectivity index (χ1n) is 12.2. The van der Waals surface area contributed by atoms with Crippen LogP contribution >= 0.6 is 0 Å². The van der Waals surface area contributed by atoms with E-state index < -0.39 is 5.54 Å². The van der Waals surface area contributed by atoms with Crippen molar-refractivity contribution in [2.45, 2.75) is 49.3 Å². The Morgan fingerprint density at radius 2 is 1.76 bits per heavy atom. The zero-order valence-electron chi connectivity index (χ0n) is 18.8. The normalized spacial score (nSPS) is 33.6. The summed E-state index contributed by atoms with van der Waals surface area (Å²) in [7, 11) is 0. The van der Waals surface area contributed by atoms with Crippen molar-refractivity contribution >= 4 is 11.8 Å². The monoisotopic (exact) mass is 445 g/mol.